The Bertz CT molecular complexity index is 461. The van der Waals surface area contributed by atoms with Crippen LogP contribution in [0.15, 0.2) is 24.3 Å². The van der Waals surface area contributed by atoms with Crippen LogP contribution in [0.5, 0.6) is 0 Å². The van der Waals surface area contributed by atoms with Crippen LogP contribution in [0.1, 0.15) is 67.8 Å². The molecule has 0 atom stereocenters. The van der Waals surface area contributed by atoms with Gasteiger partial charge in [0.05, 0.1) is 0 Å². The zero-order valence-corrected chi connectivity index (χ0v) is 15.0. The highest BCUT2D eigenvalue weighted by Crippen LogP contribution is 2.31. The Morgan fingerprint density at radius 2 is 1.78 bits per heavy atom. The lowest BCUT2D eigenvalue weighted by atomic mass is 9.80. The van der Waals surface area contributed by atoms with Crippen molar-refractivity contribution in [1.82, 2.24) is 0 Å². The molecular formula is C20H29ClO2. The summed E-state index contributed by atoms with van der Waals surface area (Å²) in [6.45, 7) is 4.09. The highest BCUT2D eigenvalue weighted by atomic mass is 35.5. The van der Waals surface area contributed by atoms with Crippen molar-refractivity contribution >= 4 is 16.8 Å². The average Bonchev–Trinajstić information content (AvgIpc) is 2.58. The number of rotatable bonds is 9. The fourth-order valence-corrected chi connectivity index (χ4v) is 3.48. The first-order chi connectivity index (χ1) is 11.2. The van der Waals surface area contributed by atoms with Crippen LogP contribution < -0.4 is 0 Å². The average molecular weight is 337 g/mol. The fourth-order valence-electron chi connectivity index (χ4n) is 3.36. The number of hydrogen-bond donors (Lipinski definition) is 0. The number of ether oxygens (including phenoxy) is 1. The molecule has 128 valence electrons. The Labute approximate surface area is 145 Å². The lowest BCUT2D eigenvalue weighted by Gasteiger charge is -2.28. The van der Waals surface area contributed by atoms with Crippen LogP contribution >= 0.6 is 11.6 Å². The number of benzene rings is 1. The molecule has 1 fully saturated rings. The third-order valence-corrected chi connectivity index (χ3v) is 5.20. The van der Waals surface area contributed by atoms with Crippen molar-refractivity contribution in [1.29, 1.82) is 0 Å². The monoisotopic (exact) mass is 336 g/mol. The summed E-state index contributed by atoms with van der Waals surface area (Å²) < 4.78 is 5.77. The maximum atomic E-state index is 11.1. The Morgan fingerprint density at radius 3 is 2.39 bits per heavy atom. The van der Waals surface area contributed by atoms with E-state index in [0.29, 0.717) is 5.56 Å². The maximum Gasteiger partial charge on any atom is 0.252 e. The van der Waals surface area contributed by atoms with Gasteiger partial charge in [-0.05, 0) is 73.2 Å². The number of aryl methyl sites for hydroxylation is 1. The summed E-state index contributed by atoms with van der Waals surface area (Å²) in [4.78, 5) is 11.1. The minimum Gasteiger partial charge on any atom is -0.381 e. The predicted octanol–water partition coefficient (Wildman–Crippen LogP) is 5.62. The van der Waals surface area contributed by atoms with Gasteiger partial charge in [0.2, 0.25) is 0 Å². The number of carbonyl (C=O) groups excluding carboxylic acids is 1. The molecule has 0 aromatic heterocycles. The van der Waals surface area contributed by atoms with Crippen molar-refractivity contribution < 1.29 is 9.53 Å². The molecule has 0 N–H and O–H groups in total. The Balaban J connectivity index is 1.63. The third kappa shape index (κ3) is 6.64. The maximum absolute atomic E-state index is 11.1. The van der Waals surface area contributed by atoms with E-state index in [-0.39, 0.29) is 5.24 Å². The molecule has 0 radical (unpaired) electrons. The van der Waals surface area contributed by atoms with E-state index in [1.54, 1.807) is 0 Å². The molecular weight excluding hydrogens is 308 g/mol. The number of hydrogen-bond acceptors (Lipinski definition) is 2. The summed E-state index contributed by atoms with van der Waals surface area (Å²) in [6, 6.07) is 7.72. The van der Waals surface area contributed by atoms with Gasteiger partial charge in [0.15, 0.2) is 0 Å². The summed E-state index contributed by atoms with van der Waals surface area (Å²) in [5.41, 5.74) is 1.88. The minimum atomic E-state index is -0.379. The van der Waals surface area contributed by atoms with Crippen molar-refractivity contribution in [3.05, 3.63) is 35.4 Å². The van der Waals surface area contributed by atoms with E-state index in [1.165, 1.54) is 50.5 Å². The van der Waals surface area contributed by atoms with E-state index in [4.69, 9.17) is 16.3 Å². The van der Waals surface area contributed by atoms with Crippen LogP contribution in [-0.2, 0) is 11.2 Å². The molecule has 3 heteroatoms. The van der Waals surface area contributed by atoms with Crippen LogP contribution in [-0.4, -0.2) is 18.5 Å². The van der Waals surface area contributed by atoms with E-state index in [0.717, 1.165) is 31.5 Å². The second-order valence-electron chi connectivity index (χ2n) is 6.82. The molecule has 1 aromatic carbocycles. The molecule has 0 aliphatic heterocycles. The minimum absolute atomic E-state index is 0.379. The van der Waals surface area contributed by atoms with E-state index >= 15 is 0 Å². The van der Waals surface area contributed by atoms with Gasteiger partial charge in [-0.1, -0.05) is 38.3 Å². The Hall–Kier alpha value is -0.860. The van der Waals surface area contributed by atoms with Gasteiger partial charge in [-0.25, -0.2) is 0 Å². The van der Waals surface area contributed by atoms with Crippen LogP contribution in [0.25, 0.3) is 0 Å². The van der Waals surface area contributed by atoms with Gasteiger partial charge >= 0.3 is 0 Å². The second kappa shape index (κ2) is 10.1. The molecule has 0 spiro atoms. The zero-order valence-electron chi connectivity index (χ0n) is 14.2. The van der Waals surface area contributed by atoms with Crippen molar-refractivity contribution in [2.75, 3.05) is 13.2 Å². The number of carbonyl (C=O) groups is 1. The molecule has 0 heterocycles. The van der Waals surface area contributed by atoms with Gasteiger partial charge in [0.25, 0.3) is 5.24 Å². The summed E-state index contributed by atoms with van der Waals surface area (Å²) in [5, 5.41) is -0.379. The Kier molecular flexibility index (Phi) is 8.11. The molecule has 2 rings (SSSR count). The van der Waals surface area contributed by atoms with Gasteiger partial charge in [-0.15, -0.1) is 0 Å². The highest BCUT2D eigenvalue weighted by molar-refractivity contribution is 6.67. The van der Waals surface area contributed by atoms with Crippen molar-refractivity contribution in [2.24, 2.45) is 11.8 Å². The SMILES string of the molecule is CCCCOC[C@H]1CC[C@H](CCc2ccc(C(=O)Cl)cc2)CC1. The van der Waals surface area contributed by atoms with Crippen LogP contribution in [0.3, 0.4) is 0 Å². The highest BCUT2D eigenvalue weighted by Gasteiger charge is 2.21. The molecule has 0 unspecified atom stereocenters. The molecule has 1 aromatic rings. The van der Waals surface area contributed by atoms with Crippen LogP contribution in [0.4, 0.5) is 0 Å². The first-order valence-corrected chi connectivity index (χ1v) is 9.43. The van der Waals surface area contributed by atoms with Gasteiger partial charge in [0, 0.05) is 18.8 Å². The third-order valence-electron chi connectivity index (χ3n) is 4.98. The van der Waals surface area contributed by atoms with Gasteiger partial charge in [0.1, 0.15) is 0 Å². The quantitative estimate of drug-likeness (QED) is 0.432. The lowest BCUT2D eigenvalue weighted by molar-refractivity contribution is 0.0752. The smallest absolute Gasteiger partial charge is 0.252 e. The Morgan fingerprint density at radius 1 is 1.13 bits per heavy atom. The molecule has 0 saturated heterocycles. The van der Waals surface area contributed by atoms with Gasteiger partial charge < -0.3 is 4.74 Å². The van der Waals surface area contributed by atoms with Crippen LogP contribution in [0.2, 0.25) is 0 Å². The first kappa shape index (κ1) is 18.5. The van der Waals surface area contributed by atoms with E-state index in [2.05, 4.69) is 6.92 Å². The van der Waals surface area contributed by atoms with Gasteiger partial charge in [-0.2, -0.15) is 0 Å². The van der Waals surface area contributed by atoms with E-state index < -0.39 is 0 Å². The topological polar surface area (TPSA) is 26.3 Å². The predicted molar refractivity (Wildman–Crippen MR) is 96.1 cm³/mol. The molecule has 0 bridgehead atoms. The molecule has 1 saturated carbocycles. The van der Waals surface area contributed by atoms with Crippen molar-refractivity contribution in [2.45, 2.75) is 58.3 Å². The molecule has 1 aliphatic carbocycles. The summed E-state index contributed by atoms with van der Waals surface area (Å²) in [6.07, 6.45) is 10.0. The van der Waals surface area contributed by atoms with Crippen molar-refractivity contribution in [3.63, 3.8) is 0 Å². The van der Waals surface area contributed by atoms with Crippen molar-refractivity contribution in [3.8, 4) is 0 Å². The molecule has 23 heavy (non-hydrogen) atoms. The summed E-state index contributed by atoms with van der Waals surface area (Å²) in [7, 11) is 0. The number of halogens is 1. The fraction of sp³-hybridized carbons (Fsp3) is 0.650. The van der Waals surface area contributed by atoms with E-state index in [1.807, 2.05) is 24.3 Å². The lowest BCUT2D eigenvalue weighted by Crippen LogP contribution is -2.19. The normalized spacial score (nSPS) is 21.3. The number of unbranched alkanes of at least 4 members (excludes halogenated alkanes) is 1. The second-order valence-corrected chi connectivity index (χ2v) is 7.17. The van der Waals surface area contributed by atoms with Gasteiger partial charge in [-0.3, -0.25) is 4.79 Å². The largest absolute Gasteiger partial charge is 0.381 e. The standard InChI is InChI=1S/C20H29ClO2/c1-2-3-14-23-15-18-8-6-16(7-9-18)4-5-17-10-12-19(13-11-17)20(21)22/h10-13,16,18H,2-9,14-15H2,1H3/t16-,18-. The molecule has 1 aliphatic rings. The first-order valence-electron chi connectivity index (χ1n) is 9.05. The molecule has 0 amide bonds. The molecule has 2 nitrogen and oxygen atoms in total. The summed E-state index contributed by atoms with van der Waals surface area (Å²) in [5.74, 6) is 1.62. The van der Waals surface area contributed by atoms with E-state index in [9.17, 15) is 4.79 Å². The van der Waals surface area contributed by atoms with Crippen LogP contribution in [0, 0.1) is 11.8 Å². The summed E-state index contributed by atoms with van der Waals surface area (Å²) >= 11 is 5.47. The zero-order chi connectivity index (χ0) is 16.5.